The number of hydrogen-bond donors (Lipinski definition) is 3. The number of carboxylic acids is 1. The van der Waals surface area contributed by atoms with Gasteiger partial charge in [0.05, 0.1) is 0 Å². The molecule has 0 unspecified atom stereocenters. The molecule has 0 atom stereocenters. The van der Waals surface area contributed by atoms with E-state index in [1.54, 1.807) is 6.92 Å². The van der Waals surface area contributed by atoms with E-state index >= 15 is 0 Å². The highest BCUT2D eigenvalue weighted by Gasteiger charge is 2.22. The van der Waals surface area contributed by atoms with E-state index in [9.17, 15) is 9.90 Å². The molecule has 0 aliphatic carbocycles. The Hall–Kier alpha value is -2.56. The summed E-state index contributed by atoms with van der Waals surface area (Å²) in [4.78, 5) is 14.6. The van der Waals surface area contributed by atoms with Crippen molar-refractivity contribution in [3.8, 4) is 11.3 Å². The Balaban J connectivity index is 2.37. The number of para-hydroxylation sites is 1. The zero-order valence-corrected chi connectivity index (χ0v) is 10.6. The summed E-state index contributed by atoms with van der Waals surface area (Å²) in [6, 6.07) is 7.80. The van der Waals surface area contributed by atoms with Crippen LogP contribution in [0.3, 0.4) is 0 Å². The summed E-state index contributed by atoms with van der Waals surface area (Å²) in [5.41, 5.74) is 4.01. The number of carboxylic acid groups (broad SMARTS) is 1. The van der Waals surface area contributed by atoms with Gasteiger partial charge in [-0.15, -0.1) is 0 Å². The first kappa shape index (κ1) is 11.5. The third kappa shape index (κ3) is 1.62. The minimum absolute atomic E-state index is 0.229. The van der Waals surface area contributed by atoms with Crippen LogP contribution in [0.1, 0.15) is 21.7 Å². The number of nitrogens with one attached hydrogen (secondary N) is 2. The lowest BCUT2D eigenvalue weighted by atomic mass is 10.0. The van der Waals surface area contributed by atoms with Crippen LogP contribution in [0.25, 0.3) is 22.2 Å². The SMILES string of the molecule is Cc1[nH]nc(-c2c(C)[nH]c3ccccc23)c1C(=O)O. The van der Waals surface area contributed by atoms with Crippen molar-refractivity contribution in [1.82, 2.24) is 15.2 Å². The van der Waals surface area contributed by atoms with E-state index in [-0.39, 0.29) is 5.56 Å². The molecule has 3 aromatic rings. The van der Waals surface area contributed by atoms with Gasteiger partial charge in [-0.1, -0.05) is 18.2 Å². The molecule has 0 saturated carbocycles. The van der Waals surface area contributed by atoms with E-state index in [2.05, 4.69) is 15.2 Å². The zero-order valence-electron chi connectivity index (χ0n) is 10.6. The minimum atomic E-state index is -0.967. The molecule has 0 aliphatic heterocycles. The number of H-pyrrole nitrogens is 2. The van der Waals surface area contributed by atoms with Crippen molar-refractivity contribution < 1.29 is 9.90 Å². The largest absolute Gasteiger partial charge is 0.478 e. The van der Waals surface area contributed by atoms with E-state index in [0.717, 1.165) is 22.2 Å². The summed E-state index contributed by atoms with van der Waals surface area (Å²) >= 11 is 0. The second-order valence-corrected chi connectivity index (χ2v) is 4.55. The Morgan fingerprint density at radius 1 is 1.21 bits per heavy atom. The first-order valence-electron chi connectivity index (χ1n) is 5.95. The number of nitrogens with zero attached hydrogens (tertiary/aromatic N) is 1. The average Bonchev–Trinajstić information content (AvgIpc) is 2.88. The second kappa shape index (κ2) is 3.98. The van der Waals surface area contributed by atoms with Crippen LogP contribution in [0.2, 0.25) is 0 Å². The summed E-state index contributed by atoms with van der Waals surface area (Å²) in [6.45, 7) is 3.63. The topological polar surface area (TPSA) is 81.8 Å². The fraction of sp³-hybridized carbons (Fsp3) is 0.143. The van der Waals surface area contributed by atoms with Crippen molar-refractivity contribution in [3.05, 3.63) is 41.2 Å². The smallest absolute Gasteiger partial charge is 0.339 e. The van der Waals surface area contributed by atoms with Crippen LogP contribution in [0.15, 0.2) is 24.3 Å². The molecule has 0 amide bonds. The van der Waals surface area contributed by atoms with Gasteiger partial charge in [0.1, 0.15) is 11.3 Å². The van der Waals surface area contributed by atoms with E-state index in [0.29, 0.717) is 11.4 Å². The van der Waals surface area contributed by atoms with Gasteiger partial charge >= 0.3 is 5.97 Å². The Bertz CT molecular complexity index is 783. The van der Waals surface area contributed by atoms with Crippen LogP contribution in [-0.2, 0) is 0 Å². The lowest BCUT2D eigenvalue weighted by Crippen LogP contribution is -1.99. The lowest BCUT2D eigenvalue weighted by Gasteiger charge is -2.00. The molecule has 0 spiro atoms. The van der Waals surface area contributed by atoms with Crippen LogP contribution in [0, 0.1) is 13.8 Å². The van der Waals surface area contributed by atoms with Crippen molar-refractivity contribution in [2.75, 3.05) is 0 Å². The number of rotatable bonds is 2. The van der Waals surface area contributed by atoms with Crippen LogP contribution >= 0.6 is 0 Å². The fourth-order valence-electron chi connectivity index (χ4n) is 2.45. The normalized spacial score (nSPS) is 11.1. The third-order valence-electron chi connectivity index (χ3n) is 3.29. The molecule has 19 heavy (non-hydrogen) atoms. The molecule has 5 heteroatoms. The molecule has 0 fully saturated rings. The molecule has 0 saturated heterocycles. The van der Waals surface area contributed by atoms with Gasteiger partial charge in [0.2, 0.25) is 0 Å². The van der Waals surface area contributed by atoms with Crippen LogP contribution in [0.5, 0.6) is 0 Å². The highest BCUT2D eigenvalue weighted by Crippen LogP contribution is 2.33. The van der Waals surface area contributed by atoms with E-state index in [1.807, 2.05) is 31.2 Å². The van der Waals surface area contributed by atoms with Crippen molar-refractivity contribution >= 4 is 16.9 Å². The summed E-state index contributed by atoms with van der Waals surface area (Å²) in [7, 11) is 0. The zero-order chi connectivity index (χ0) is 13.6. The van der Waals surface area contributed by atoms with Gasteiger partial charge in [-0.2, -0.15) is 5.10 Å². The molecule has 2 aromatic heterocycles. The van der Waals surface area contributed by atoms with Gasteiger partial charge in [-0.25, -0.2) is 4.79 Å². The number of aryl methyl sites for hydroxylation is 2. The first-order valence-corrected chi connectivity index (χ1v) is 5.95. The van der Waals surface area contributed by atoms with Gasteiger partial charge in [0, 0.05) is 27.9 Å². The van der Waals surface area contributed by atoms with Crippen LogP contribution in [0.4, 0.5) is 0 Å². The molecule has 0 bridgehead atoms. The van der Waals surface area contributed by atoms with E-state index in [1.165, 1.54) is 0 Å². The van der Waals surface area contributed by atoms with E-state index < -0.39 is 5.97 Å². The predicted octanol–water partition coefficient (Wildman–Crippen LogP) is 2.87. The molecular formula is C14H13N3O2. The quantitative estimate of drug-likeness (QED) is 0.658. The maximum absolute atomic E-state index is 11.4. The Labute approximate surface area is 109 Å². The van der Waals surface area contributed by atoms with Gasteiger partial charge in [0.15, 0.2) is 0 Å². The molecule has 1 aromatic carbocycles. The Morgan fingerprint density at radius 3 is 2.68 bits per heavy atom. The highest BCUT2D eigenvalue weighted by molar-refractivity contribution is 6.03. The van der Waals surface area contributed by atoms with E-state index in [4.69, 9.17) is 0 Å². The standard InChI is InChI=1S/C14H13N3O2/c1-7-11(9-5-3-4-6-10(9)15-7)13-12(14(18)19)8(2)16-17-13/h3-6,15H,1-2H3,(H,16,17)(H,18,19). The molecule has 0 aliphatic rings. The van der Waals surface area contributed by atoms with Crippen molar-refractivity contribution in [3.63, 3.8) is 0 Å². The fourth-order valence-corrected chi connectivity index (χ4v) is 2.45. The van der Waals surface area contributed by atoms with Crippen molar-refractivity contribution in [2.24, 2.45) is 0 Å². The van der Waals surface area contributed by atoms with Gasteiger partial charge in [-0.3, -0.25) is 5.10 Å². The number of carbonyl (C=O) groups is 1. The highest BCUT2D eigenvalue weighted by atomic mass is 16.4. The second-order valence-electron chi connectivity index (χ2n) is 4.55. The number of aromatic nitrogens is 3. The number of fused-ring (bicyclic) bond motifs is 1. The molecule has 96 valence electrons. The number of aromatic carboxylic acids is 1. The average molecular weight is 255 g/mol. The summed E-state index contributed by atoms with van der Waals surface area (Å²) in [5.74, 6) is -0.967. The summed E-state index contributed by atoms with van der Waals surface area (Å²) in [5, 5.41) is 17.2. The van der Waals surface area contributed by atoms with Gasteiger partial charge < -0.3 is 10.1 Å². The maximum Gasteiger partial charge on any atom is 0.339 e. The van der Waals surface area contributed by atoms with Crippen molar-refractivity contribution in [1.29, 1.82) is 0 Å². The molecule has 0 radical (unpaired) electrons. The van der Waals surface area contributed by atoms with Gasteiger partial charge in [-0.05, 0) is 19.9 Å². The van der Waals surface area contributed by atoms with Crippen LogP contribution in [-0.4, -0.2) is 26.3 Å². The lowest BCUT2D eigenvalue weighted by molar-refractivity contribution is 0.0697. The number of benzene rings is 1. The molecular weight excluding hydrogens is 242 g/mol. The molecule has 3 rings (SSSR count). The Kier molecular flexibility index (Phi) is 2.41. The molecule has 3 N–H and O–H groups in total. The summed E-state index contributed by atoms with van der Waals surface area (Å²) < 4.78 is 0. The van der Waals surface area contributed by atoms with Crippen molar-refractivity contribution in [2.45, 2.75) is 13.8 Å². The predicted molar refractivity (Wildman–Crippen MR) is 72.3 cm³/mol. The number of hydrogen-bond acceptors (Lipinski definition) is 2. The maximum atomic E-state index is 11.4. The monoisotopic (exact) mass is 255 g/mol. The van der Waals surface area contributed by atoms with Gasteiger partial charge in [0.25, 0.3) is 0 Å². The Morgan fingerprint density at radius 2 is 1.95 bits per heavy atom. The number of aromatic amines is 2. The summed E-state index contributed by atoms with van der Waals surface area (Å²) in [6.07, 6.45) is 0. The third-order valence-corrected chi connectivity index (χ3v) is 3.29. The molecule has 2 heterocycles. The molecule has 5 nitrogen and oxygen atoms in total. The van der Waals surface area contributed by atoms with Crippen LogP contribution < -0.4 is 0 Å². The minimum Gasteiger partial charge on any atom is -0.478 e. The first-order chi connectivity index (χ1) is 9.09.